The maximum atomic E-state index is 13.2. The van der Waals surface area contributed by atoms with Crippen LogP contribution in [0.2, 0.25) is 0 Å². The topological polar surface area (TPSA) is 46.9 Å². The molecular formula is C15H22F2N2O2. The van der Waals surface area contributed by atoms with Crippen molar-refractivity contribution >= 4 is 0 Å². The highest BCUT2D eigenvalue weighted by molar-refractivity contribution is 5.20. The Morgan fingerprint density at radius 2 is 1.57 bits per heavy atom. The molecule has 118 valence electrons. The van der Waals surface area contributed by atoms with Crippen molar-refractivity contribution in [3.8, 4) is 0 Å². The zero-order chi connectivity index (χ0) is 15.4. The lowest BCUT2D eigenvalue weighted by molar-refractivity contribution is 0.0525. The molecule has 0 saturated carbocycles. The van der Waals surface area contributed by atoms with E-state index in [0.717, 1.165) is 38.3 Å². The molecule has 2 rings (SSSR count). The predicted molar refractivity (Wildman–Crippen MR) is 75.9 cm³/mol. The van der Waals surface area contributed by atoms with Crippen molar-refractivity contribution in [1.29, 1.82) is 0 Å². The molecule has 6 heteroatoms. The molecule has 0 unspecified atom stereocenters. The normalized spacial score (nSPS) is 20.4. The second kappa shape index (κ2) is 7.26. The Hall–Kier alpha value is -1.08. The monoisotopic (exact) mass is 300 g/mol. The first kappa shape index (κ1) is 16.3. The quantitative estimate of drug-likeness (QED) is 0.851. The lowest BCUT2D eigenvalue weighted by Gasteiger charge is -2.36. The lowest BCUT2D eigenvalue weighted by atomic mass is 10.1. The van der Waals surface area contributed by atoms with Crippen LogP contribution in [0.4, 0.5) is 8.78 Å². The Balaban J connectivity index is 1.84. The highest BCUT2D eigenvalue weighted by atomic mass is 19.2. The molecule has 21 heavy (non-hydrogen) atoms. The SMILES string of the molecule is C[C@H](O)CN1CCN(C[C@@H](O)c2ccc(F)c(F)c2)CC1. The number of benzene rings is 1. The van der Waals surface area contributed by atoms with E-state index in [4.69, 9.17) is 0 Å². The van der Waals surface area contributed by atoms with Crippen molar-refractivity contribution in [2.24, 2.45) is 0 Å². The average Bonchev–Trinajstić information content (AvgIpc) is 2.43. The van der Waals surface area contributed by atoms with Crippen molar-refractivity contribution in [3.05, 3.63) is 35.4 Å². The summed E-state index contributed by atoms with van der Waals surface area (Å²) in [5.74, 6) is -1.84. The summed E-state index contributed by atoms with van der Waals surface area (Å²) in [6.07, 6.45) is -1.17. The fourth-order valence-corrected chi connectivity index (χ4v) is 2.60. The molecule has 1 aliphatic rings. The van der Waals surface area contributed by atoms with Crippen molar-refractivity contribution in [1.82, 2.24) is 9.80 Å². The molecule has 1 fully saturated rings. The van der Waals surface area contributed by atoms with Gasteiger partial charge < -0.3 is 10.2 Å². The number of halogens is 2. The van der Waals surface area contributed by atoms with Crippen molar-refractivity contribution in [2.75, 3.05) is 39.3 Å². The van der Waals surface area contributed by atoms with E-state index < -0.39 is 17.7 Å². The van der Waals surface area contributed by atoms with Gasteiger partial charge in [0.25, 0.3) is 0 Å². The summed E-state index contributed by atoms with van der Waals surface area (Å²) in [5, 5.41) is 19.5. The van der Waals surface area contributed by atoms with E-state index in [1.165, 1.54) is 6.07 Å². The van der Waals surface area contributed by atoms with Gasteiger partial charge >= 0.3 is 0 Å². The van der Waals surface area contributed by atoms with Gasteiger partial charge in [0.15, 0.2) is 11.6 Å². The Kier molecular flexibility index (Phi) is 5.64. The summed E-state index contributed by atoms with van der Waals surface area (Å²) in [5.41, 5.74) is 0.389. The highest BCUT2D eigenvalue weighted by Gasteiger charge is 2.21. The molecule has 0 aliphatic carbocycles. The van der Waals surface area contributed by atoms with Crippen LogP contribution in [0.5, 0.6) is 0 Å². The van der Waals surface area contributed by atoms with Crippen LogP contribution in [0, 0.1) is 11.6 Å². The molecule has 0 aromatic heterocycles. The van der Waals surface area contributed by atoms with Gasteiger partial charge in [-0.2, -0.15) is 0 Å². The Morgan fingerprint density at radius 1 is 1.00 bits per heavy atom. The summed E-state index contributed by atoms with van der Waals surface area (Å²) in [7, 11) is 0. The molecule has 1 saturated heterocycles. The lowest BCUT2D eigenvalue weighted by Crippen LogP contribution is -2.49. The summed E-state index contributed by atoms with van der Waals surface area (Å²) in [4.78, 5) is 4.26. The van der Waals surface area contributed by atoms with Gasteiger partial charge in [0, 0.05) is 39.3 Å². The molecule has 1 heterocycles. The smallest absolute Gasteiger partial charge is 0.159 e. The van der Waals surface area contributed by atoms with Gasteiger partial charge in [0.05, 0.1) is 12.2 Å². The van der Waals surface area contributed by atoms with E-state index >= 15 is 0 Å². The van der Waals surface area contributed by atoms with Crippen LogP contribution in [-0.4, -0.2) is 65.4 Å². The first-order valence-electron chi connectivity index (χ1n) is 7.21. The number of aliphatic hydroxyl groups is 2. The molecule has 0 spiro atoms. The molecule has 2 N–H and O–H groups in total. The van der Waals surface area contributed by atoms with Crippen LogP contribution in [0.15, 0.2) is 18.2 Å². The van der Waals surface area contributed by atoms with E-state index in [0.29, 0.717) is 18.7 Å². The standard InChI is InChI=1S/C15H22F2N2O2/c1-11(20)9-18-4-6-19(7-5-18)10-15(21)12-2-3-13(16)14(17)8-12/h2-3,8,11,15,20-21H,4-7,9-10H2,1H3/t11-,15+/m0/s1. The molecule has 1 aromatic carbocycles. The largest absolute Gasteiger partial charge is 0.392 e. The number of aliphatic hydroxyl groups excluding tert-OH is 2. The average molecular weight is 300 g/mol. The van der Waals surface area contributed by atoms with E-state index in [2.05, 4.69) is 9.80 Å². The molecule has 0 bridgehead atoms. The maximum Gasteiger partial charge on any atom is 0.159 e. The van der Waals surface area contributed by atoms with E-state index in [9.17, 15) is 19.0 Å². The fraction of sp³-hybridized carbons (Fsp3) is 0.600. The van der Waals surface area contributed by atoms with E-state index in [-0.39, 0.29) is 6.10 Å². The van der Waals surface area contributed by atoms with Gasteiger partial charge in [-0.3, -0.25) is 9.80 Å². The van der Waals surface area contributed by atoms with Gasteiger partial charge in [-0.15, -0.1) is 0 Å². The number of piperazine rings is 1. The minimum atomic E-state index is -0.937. The van der Waals surface area contributed by atoms with Gasteiger partial charge in [-0.1, -0.05) is 6.07 Å². The Morgan fingerprint density at radius 3 is 2.10 bits per heavy atom. The first-order chi connectivity index (χ1) is 9.95. The number of rotatable bonds is 5. The zero-order valence-electron chi connectivity index (χ0n) is 12.2. The van der Waals surface area contributed by atoms with Crippen molar-refractivity contribution < 1.29 is 19.0 Å². The molecule has 2 atom stereocenters. The third-order valence-corrected chi connectivity index (χ3v) is 3.75. The first-order valence-corrected chi connectivity index (χ1v) is 7.21. The minimum absolute atomic E-state index is 0.343. The second-order valence-corrected chi connectivity index (χ2v) is 5.64. The molecule has 1 aliphatic heterocycles. The summed E-state index contributed by atoms with van der Waals surface area (Å²) in [6.45, 7) is 6.04. The van der Waals surface area contributed by atoms with Crippen LogP contribution >= 0.6 is 0 Å². The van der Waals surface area contributed by atoms with Gasteiger partial charge in [0.2, 0.25) is 0 Å². The van der Waals surface area contributed by atoms with Crippen LogP contribution in [0.3, 0.4) is 0 Å². The van der Waals surface area contributed by atoms with Gasteiger partial charge in [-0.25, -0.2) is 8.78 Å². The molecule has 4 nitrogen and oxygen atoms in total. The van der Waals surface area contributed by atoms with Crippen LogP contribution < -0.4 is 0 Å². The second-order valence-electron chi connectivity index (χ2n) is 5.64. The van der Waals surface area contributed by atoms with Crippen LogP contribution in [0.1, 0.15) is 18.6 Å². The molecular weight excluding hydrogens is 278 g/mol. The van der Waals surface area contributed by atoms with Crippen molar-refractivity contribution in [3.63, 3.8) is 0 Å². The summed E-state index contributed by atoms with van der Waals surface area (Å²) in [6, 6.07) is 3.49. The zero-order valence-corrected chi connectivity index (χ0v) is 12.2. The van der Waals surface area contributed by atoms with Crippen LogP contribution in [0.25, 0.3) is 0 Å². The van der Waals surface area contributed by atoms with Gasteiger partial charge in [-0.05, 0) is 24.6 Å². The van der Waals surface area contributed by atoms with E-state index in [1.54, 1.807) is 6.92 Å². The highest BCUT2D eigenvalue weighted by Crippen LogP contribution is 2.18. The predicted octanol–water partition coefficient (Wildman–Crippen LogP) is 0.997. The third kappa shape index (κ3) is 4.71. The molecule has 0 amide bonds. The molecule has 0 radical (unpaired) electrons. The van der Waals surface area contributed by atoms with E-state index in [1.807, 2.05) is 0 Å². The fourth-order valence-electron chi connectivity index (χ4n) is 2.60. The minimum Gasteiger partial charge on any atom is -0.392 e. The van der Waals surface area contributed by atoms with Crippen LogP contribution in [-0.2, 0) is 0 Å². The van der Waals surface area contributed by atoms with Crippen molar-refractivity contribution in [2.45, 2.75) is 19.1 Å². The maximum absolute atomic E-state index is 13.2. The summed E-state index contributed by atoms with van der Waals surface area (Å²) >= 11 is 0. The number of hydrogen-bond donors (Lipinski definition) is 2. The molecule has 1 aromatic rings. The number of hydrogen-bond acceptors (Lipinski definition) is 4. The number of β-amino-alcohol motifs (C(OH)–C–C–N with tert-alkyl or cyclic N) is 2. The third-order valence-electron chi connectivity index (χ3n) is 3.75. The van der Waals surface area contributed by atoms with Gasteiger partial charge in [0.1, 0.15) is 0 Å². The summed E-state index contributed by atoms with van der Waals surface area (Å²) < 4.78 is 26.0. The Bertz CT molecular complexity index is 463. The Labute approximate surface area is 123 Å². The number of nitrogens with zero attached hydrogens (tertiary/aromatic N) is 2.